The first-order valence-corrected chi connectivity index (χ1v) is 4.15. The van der Waals surface area contributed by atoms with E-state index in [-0.39, 0.29) is 5.78 Å². The number of carbonyl (C=O) groups is 1. The normalized spacial score (nSPS) is 19.2. The lowest BCUT2D eigenvalue weighted by Crippen LogP contribution is -2.44. The number of hydrogen-bond donors (Lipinski definition) is 1. The van der Waals surface area contributed by atoms with E-state index in [0.717, 1.165) is 13.1 Å². The molecule has 0 atom stereocenters. The van der Waals surface area contributed by atoms with Crippen LogP contribution in [-0.2, 0) is 4.79 Å². The zero-order chi connectivity index (χ0) is 6.69. The van der Waals surface area contributed by atoms with Gasteiger partial charge in [-0.2, -0.15) is 0 Å². The fraction of sp³-hybridized carbons (Fsp3) is 0.833. The van der Waals surface area contributed by atoms with Crippen LogP contribution in [0.1, 0.15) is 6.92 Å². The van der Waals surface area contributed by atoms with Gasteiger partial charge in [0, 0.05) is 18.3 Å². The number of nitrogens with one attached hydrogen (secondary N) is 1. The van der Waals surface area contributed by atoms with Gasteiger partial charge in [0.1, 0.15) is 5.78 Å². The Labute approximate surface area is 59.4 Å². The third-order valence-electron chi connectivity index (χ3n) is 1.27. The largest absolute Gasteiger partial charge is 0.314 e. The standard InChI is InChI=1S/C6H11NOS/c1-5(8)4-9-6-2-7-3-6/h6-7H,2-4H2,1H3. The third-order valence-corrected chi connectivity index (χ3v) is 2.64. The van der Waals surface area contributed by atoms with Crippen molar-refractivity contribution >= 4 is 17.5 Å². The molecule has 1 rings (SSSR count). The minimum atomic E-state index is 0.284. The van der Waals surface area contributed by atoms with Gasteiger partial charge >= 0.3 is 0 Å². The molecule has 1 saturated heterocycles. The summed E-state index contributed by atoms with van der Waals surface area (Å²) in [5.41, 5.74) is 0. The van der Waals surface area contributed by atoms with E-state index in [2.05, 4.69) is 5.32 Å². The van der Waals surface area contributed by atoms with Gasteiger partial charge in [0.25, 0.3) is 0 Å². The van der Waals surface area contributed by atoms with Gasteiger partial charge in [-0.1, -0.05) is 0 Å². The highest BCUT2D eigenvalue weighted by atomic mass is 32.2. The van der Waals surface area contributed by atoms with Crippen LogP contribution in [0.25, 0.3) is 0 Å². The summed E-state index contributed by atoms with van der Waals surface area (Å²) >= 11 is 1.76. The number of rotatable bonds is 3. The van der Waals surface area contributed by atoms with Gasteiger partial charge in [-0.05, 0) is 6.92 Å². The highest BCUT2D eigenvalue weighted by Crippen LogP contribution is 2.13. The van der Waals surface area contributed by atoms with Crippen molar-refractivity contribution in [1.29, 1.82) is 0 Å². The zero-order valence-electron chi connectivity index (χ0n) is 5.52. The molecule has 0 aromatic heterocycles. The summed E-state index contributed by atoms with van der Waals surface area (Å²) in [4.78, 5) is 10.4. The Bertz CT molecular complexity index is 112. The van der Waals surface area contributed by atoms with Crippen LogP contribution in [0.5, 0.6) is 0 Å². The van der Waals surface area contributed by atoms with Crippen LogP contribution in [0, 0.1) is 0 Å². The number of carbonyl (C=O) groups excluding carboxylic acids is 1. The second-order valence-corrected chi connectivity index (χ2v) is 3.58. The number of Topliss-reactive ketones (excluding diaryl/α,β-unsaturated/α-hetero) is 1. The molecule has 0 bridgehead atoms. The fourth-order valence-electron chi connectivity index (χ4n) is 0.615. The Morgan fingerprint density at radius 2 is 2.44 bits per heavy atom. The quantitative estimate of drug-likeness (QED) is 0.618. The SMILES string of the molecule is CC(=O)CSC1CNC1. The van der Waals surface area contributed by atoms with Crippen LogP contribution in [0.15, 0.2) is 0 Å². The second-order valence-electron chi connectivity index (χ2n) is 2.29. The van der Waals surface area contributed by atoms with Crippen LogP contribution in [0.2, 0.25) is 0 Å². The molecule has 1 heterocycles. The molecule has 0 aromatic rings. The average molecular weight is 145 g/mol. The lowest BCUT2D eigenvalue weighted by molar-refractivity contribution is -0.114. The van der Waals surface area contributed by atoms with Crippen molar-refractivity contribution in [3.63, 3.8) is 0 Å². The first-order valence-electron chi connectivity index (χ1n) is 3.11. The average Bonchev–Trinajstić information content (AvgIpc) is 1.60. The summed E-state index contributed by atoms with van der Waals surface area (Å²) in [7, 11) is 0. The molecule has 1 fully saturated rings. The highest BCUT2D eigenvalue weighted by Gasteiger charge is 2.16. The van der Waals surface area contributed by atoms with E-state index < -0.39 is 0 Å². The van der Waals surface area contributed by atoms with Crippen LogP contribution in [0.3, 0.4) is 0 Å². The zero-order valence-corrected chi connectivity index (χ0v) is 6.33. The summed E-state index contributed by atoms with van der Waals surface area (Å²) in [6, 6.07) is 0. The summed E-state index contributed by atoms with van der Waals surface area (Å²) in [6.07, 6.45) is 0. The second kappa shape index (κ2) is 3.22. The smallest absolute Gasteiger partial charge is 0.139 e. The lowest BCUT2D eigenvalue weighted by Gasteiger charge is -2.25. The summed E-state index contributed by atoms with van der Waals surface area (Å²) in [5, 5.41) is 3.86. The van der Waals surface area contributed by atoms with Crippen LogP contribution in [-0.4, -0.2) is 29.9 Å². The van der Waals surface area contributed by atoms with Crippen LogP contribution >= 0.6 is 11.8 Å². The van der Waals surface area contributed by atoms with E-state index in [1.165, 1.54) is 0 Å². The molecule has 2 nitrogen and oxygen atoms in total. The van der Waals surface area contributed by atoms with Gasteiger partial charge in [-0.3, -0.25) is 4.79 Å². The molecule has 52 valence electrons. The van der Waals surface area contributed by atoms with Crippen LogP contribution < -0.4 is 5.32 Å². The Balaban J connectivity index is 1.97. The van der Waals surface area contributed by atoms with E-state index in [1.54, 1.807) is 18.7 Å². The lowest BCUT2D eigenvalue weighted by atomic mass is 10.3. The summed E-state index contributed by atoms with van der Waals surface area (Å²) in [6.45, 7) is 3.80. The maximum absolute atomic E-state index is 10.4. The van der Waals surface area contributed by atoms with Crippen molar-refractivity contribution < 1.29 is 4.79 Å². The molecule has 0 spiro atoms. The molecular weight excluding hydrogens is 134 g/mol. The van der Waals surface area contributed by atoms with E-state index in [0.29, 0.717) is 11.0 Å². The van der Waals surface area contributed by atoms with Gasteiger partial charge in [-0.25, -0.2) is 0 Å². The first-order chi connectivity index (χ1) is 4.29. The molecule has 9 heavy (non-hydrogen) atoms. The van der Waals surface area contributed by atoms with Crippen molar-refractivity contribution in [3.8, 4) is 0 Å². The van der Waals surface area contributed by atoms with E-state index in [4.69, 9.17) is 0 Å². The van der Waals surface area contributed by atoms with Gasteiger partial charge < -0.3 is 5.32 Å². The third kappa shape index (κ3) is 2.37. The number of hydrogen-bond acceptors (Lipinski definition) is 3. The molecule has 0 unspecified atom stereocenters. The maximum Gasteiger partial charge on any atom is 0.139 e. The van der Waals surface area contributed by atoms with Crippen molar-refractivity contribution in [2.75, 3.05) is 18.8 Å². The Morgan fingerprint density at radius 1 is 1.78 bits per heavy atom. The highest BCUT2D eigenvalue weighted by molar-refractivity contribution is 8.00. The van der Waals surface area contributed by atoms with E-state index in [1.807, 2.05) is 0 Å². The van der Waals surface area contributed by atoms with Crippen molar-refractivity contribution in [2.45, 2.75) is 12.2 Å². The van der Waals surface area contributed by atoms with Crippen molar-refractivity contribution in [3.05, 3.63) is 0 Å². The molecule has 0 aliphatic carbocycles. The molecular formula is C6H11NOS. The maximum atomic E-state index is 10.4. The minimum Gasteiger partial charge on any atom is -0.314 e. The Kier molecular flexibility index (Phi) is 2.54. The molecule has 0 aromatic carbocycles. The van der Waals surface area contributed by atoms with E-state index in [9.17, 15) is 4.79 Å². The fourth-order valence-corrected chi connectivity index (χ4v) is 1.56. The van der Waals surface area contributed by atoms with E-state index >= 15 is 0 Å². The first kappa shape index (κ1) is 7.09. The van der Waals surface area contributed by atoms with Crippen molar-refractivity contribution in [1.82, 2.24) is 5.32 Å². The molecule has 3 heteroatoms. The molecule has 1 aliphatic heterocycles. The monoisotopic (exact) mass is 145 g/mol. The Hall–Kier alpha value is -0.0200. The van der Waals surface area contributed by atoms with Gasteiger partial charge in [-0.15, -0.1) is 11.8 Å². The summed E-state index contributed by atoms with van der Waals surface area (Å²) < 4.78 is 0. The van der Waals surface area contributed by atoms with Crippen molar-refractivity contribution in [2.24, 2.45) is 0 Å². The van der Waals surface area contributed by atoms with Gasteiger partial charge in [0.2, 0.25) is 0 Å². The topological polar surface area (TPSA) is 29.1 Å². The molecule has 1 N–H and O–H groups in total. The predicted octanol–water partition coefficient (Wildman–Crippen LogP) is 0.280. The molecule has 0 amide bonds. The van der Waals surface area contributed by atoms with Gasteiger partial charge in [0.15, 0.2) is 0 Å². The molecule has 0 radical (unpaired) electrons. The molecule has 0 saturated carbocycles. The number of thioether (sulfide) groups is 1. The number of ketones is 1. The minimum absolute atomic E-state index is 0.284. The predicted molar refractivity (Wildman–Crippen MR) is 39.8 cm³/mol. The molecule has 1 aliphatic rings. The van der Waals surface area contributed by atoms with Crippen LogP contribution in [0.4, 0.5) is 0 Å². The Morgan fingerprint density at radius 3 is 2.78 bits per heavy atom. The summed E-state index contributed by atoms with van der Waals surface area (Å²) in [5.74, 6) is 0.971. The van der Waals surface area contributed by atoms with Gasteiger partial charge in [0.05, 0.1) is 5.75 Å².